The lowest BCUT2D eigenvalue weighted by molar-refractivity contribution is -0.107. The van der Waals surface area contributed by atoms with Crippen LogP contribution in [-0.2, 0) is 14.9 Å². The highest BCUT2D eigenvalue weighted by atomic mass is 16.7. The maximum Gasteiger partial charge on any atom is 0.190 e. The van der Waals surface area contributed by atoms with Crippen LogP contribution in [0, 0.1) is 0 Å². The minimum atomic E-state index is -0.590. The summed E-state index contributed by atoms with van der Waals surface area (Å²) in [4.78, 5) is 0. The highest BCUT2D eigenvalue weighted by Crippen LogP contribution is 2.53. The van der Waals surface area contributed by atoms with E-state index in [-0.39, 0.29) is 5.41 Å². The van der Waals surface area contributed by atoms with Crippen molar-refractivity contribution in [2.24, 2.45) is 0 Å². The Bertz CT molecular complexity index is 778. The molecule has 0 N–H and O–H groups in total. The maximum atomic E-state index is 6.29. The average molecular weight is 344 g/mol. The third kappa shape index (κ3) is 2.73. The molecule has 5 nitrogen and oxygen atoms in total. The lowest BCUT2D eigenvalue weighted by Crippen LogP contribution is -2.26. The van der Waals surface area contributed by atoms with Crippen LogP contribution in [-0.4, -0.2) is 28.4 Å². The fraction of sp³-hybridized carbons (Fsp3) is 0.400. The minimum Gasteiger partial charge on any atom is -0.497 e. The predicted octanol–water partition coefficient (Wildman–Crippen LogP) is 4.43. The Kier molecular flexibility index (Phi) is 4.62. The van der Waals surface area contributed by atoms with Gasteiger partial charge in [0.1, 0.15) is 23.0 Å². The fourth-order valence-corrected chi connectivity index (χ4v) is 3.40. The van der Waals surface area contributed by atoms with Crippen molar-refractivity contribution in [3.8, 4) is 23.0 Å². The Labute approximate surface area is 148 Å². The zero-order valence-corrected chi connectivity index (χ0v) is 15.5. The Hall–Kier alpha value is -2.24. The number of ether oxygens (including phenoxy) is 5. The second-order valence-electron chi connectivity index (χ2n) is 6.45. The van der Waals surface area contributed by atoms with Gasteiger partial charge < -0.3 is 23.7 Å². The monoisotopic (exact) mass is 344 g/mol. The quantitative estimate of drug-likeness (QED) is 0.751. The summed E-state index contributed by atoms with van der Waals surface area (Å²) >= 11 is 0. The molecule has 1 aliphatic rings. The van der Waals surface area contributed by atoms with E-state index in [4.69, 9.17) is 23.7 Å². The smallest absolute Gasteiger partial charge is 0.190 e. The number of fused-ring (bicyclic) bond motifs is 2. The minimum absolute atomic E-state index is 0.248. The van der Waals surface area contributed by atoms with Crippen molar-refractivity contribution in [1.82, 2.24) is 0 Å². The molecule has 0 fully saturated rings. The van der Waals surface area contributed by atoms with Crippen LogP contribution in [0.4, 0.5) is 0 Å². The Morgan fingerprint density at radius 3 is 2.16 bits per heavy atom. The van der Waals surface area contributed by atoms with E-state index in [1.165, 1.54) is 0 Å². The van der Waals surface area contributed by atoms with Gasteiger partial charge in [-0.1, -0.05) is 26.0 Å². The van der Waals surface area contributed by atoms with Crippen molar-refractivity contribution >= 4 is 0 Å². The molecule has 0 atom stereocenters. The van der Waals surface area contributed by atoms with E-state index in [0.29, 0.717) is 11.5 Å². The van der Waals surface area contributed by atoms with E-state index < -0.39 is 6.29 Å². The van der Waals surface area contributed by atoms with Crippen molar-refractivity contribution in [3.05, 3.63) is 47.0 Å². The van der Waals surface area contributed by atoms with Crippen LogP contribution in [0.2, 0.25) is 0 Å². The second kappa shape index (κ2) is 6.58. The molecule has 0 saturated carbocycles. The summed E-state index contributed by atoms with van der Waals surface area (Å²) in [5, 5.41) is 0. The van der Waals surface area contributed by atoms with E-state index in [9.17, 15) is 0 Å². The van der Waals surface area contributed by atoms with E-state index in [0.717, 1.165) is 28.2 Å². The van der Waals surface area contributed by atoms with Gasteiger partial charge >= 0.3 is 0 Å². The third-order valence-electron chi connectivity index (χ3n) is 4.79. The first-order valence-corrected chi connectivity index (χ1v) is 8.11. The van der Waals surface area contributed by atoms with Crippen molar-refractivity contribution in [2.75, 3.05) is 28.4 Å². The molecule has 0 amide bonds. The molecule has 5 heteroatoms. The molecule has 0 bridgehead atoms. The molecule has 1 aliphatic heterocycles. The van der Waals surface area contributed by atoms with Crippen LogP contribution >= 0.6 is 0 Å². The first-order chi connectivity index (χ1) is 12.0. The number of hydrogen-bond donors (Lipinski definition) is 0. The molecular weight excluding hydrogens is 320 g/mol. The molecule has 0 spiro atoms. The zero-order chi connectivity index (χ0) is 18.2. The fourth-order valence-electron chi connectivity index (χ4n) is 3.40. The van der Waals surface area contributed by atoms with Gasteiger partial charge in [-0.25, -0.2) is 0 Å². The molecule has 0 unspecified atom stereocenters. The van der Waals surface area contributed by atoms with E-state index in [1.54, 1.807) is 28.4 Å². The Morgan fingerprint density at radius 1 is 0.880 bits per heavy atom. The van der Waals surface area contributed by atoms with Crippen molar-refractivity contribution in [3.63, 3.8) is 0 Å². The molecule has 0 aromatic heterocycles. The first kappa shape index (κ1) is 17.6. The summed E-state index contributed by atoms with van der Waals surface area (Å²) in [5.74, 6) is 2.88. The molecule has 0 aliphatic carbocycles. The van der Waals surface area contributed by atoms with Gasteiger partial charge in [-0.3, -0.25) is 0 Å². The van der Waals surface area contributed by atoms with Crippen LogP contribution in [0.25, 0.3) is 0 Å². The SMILES string of the molecule is COc1ccc2c(c1)Oc1c(ccc(OC)c1C(OC)OC)C2(C)C. The Balaban J connectivity index is 2.25. The van der Waals surface area contributed by atoms with Gasteiger partial charge in [-0.15, -0.1) is 0 Å². The summed E-state index contributed by atoms with van der Waals surface area (Å²) in [5.41, 5.74) is 2.65. The van der Waals surface area contributed by atoms with Gasteiger partial charge in [0.25, 0.3) is 0 Å². The van der Waals surface area contributed by atoms with Gasteiger partial charge in [0.15, 0.2) is 6.29 Å². The van der Waals surface area contributed by atoms with Crippen LogP contribution in [0.3, 0.4) is 0 Å². The summed E-state index contributed by atoms with van der Waals surface area (Å²) in [6, 6.07) is 9.86. The first-order valence-electron chi connectivity index (χ1n) is 8.11. The summed E-state index contributed by atoms with van der Waals surface area (Å²) in [7, 11) is 6.46. The predicted molar refractivity (Wildman–Crippen MR) is 94.9 cm³/mol. The van der Waals surface area contributed by atoms with Crippen LogP contribution in [0.5, 0.6) is 23.0 Å². The summed E-state index contributed by atoms with van der Waals surface area (Å²) < 4.78 is 28.1. The normalized spacial score (nSPS) is 14.5. The molecular formula is C20H24O5. The van der Waals surface area contributed by atoms with Crippen molar-refractivity contribution in [1.29, 1.82) is 0 Å². The van der Waals surface area contributed by atoms with Crippen molar-refractivity contribution < 1.29 is 23.7 Å². The summed E-state index contributed by atoms with van der Waals surface area (Å²) in [6.07, 6.45) is -0.590. The zero-order valence-electron chi connectivity index (χ0n) is 15.5. The third-order valence-corrected chi connectivity index (χ3v) is 4.79. The van der Waals surface area contributed by atoms with E-state index >= 15 is 0 Å². The molecule has 0 radical (unpaired) electrons. The van der Waals surface area contributed by atoms with Crippen molar-refractivity contribution in [2.45, 2.75) is 25.6 Å². The molecule has 134 valence electrons. The lowest BCUT2D eigenvalue weighted by Gasteiger charge is -2.36. The highest BCUT2D eigenvalue weighted by molar-refractivity contribution is 5.63. The standard InChI is InChI=1S/C20H24O5/c1-20(2)13-8-7-12(21-3)11-16(13)25-18-14(20)9-10-15(22-4)17(18)19(23-5)24-6/h7-11,19H,1-6H3. The van der Waals surface area contributed by atoms with Gasteiger partial charge in [0.05, 0.1) is 19.8 Å². The molecule has 3 rings (SSSR count). The molecule has 25 heavy (non-hydrogen) atoms. The number of hydrogen-bond acceptors (Lipinski definition) is 5. The number of rotatable bonds is 5. The lowest BCUT2D eigenvalue weighted by atomic mass is 9.75. The van der Waals surface area contributed by atoms with Crippen LogP contribution < -0.4 is 14.2 Å². The van der Waals surface area contributed by atoms with Gasteiger partial charge in [-0.05, 0) is 12.1 Å². The van der Waals surface area contributed by atoms with E-state index in [2.05, 4.69) is 13.8 Å². The second-order valence-corrected chi connectivity index (χ2v) is 6.45. The number of benzene rings is 2. The molecule has 0 saturated heterocycles. The van der Waals surface area contributed by atoms with Crippen LogP contribution in [0.15, 0.2) is 30.3 Å². The largest absolute Gasteiger partial charge is 0.497 e. The highest BCUT2D eigenvalue weighted by Gasteiger charge is 2.38. The topological polar surface area (TPSA) is 46.2 Å². The average Bonchev–Trinajstić information content (AvgIpc) is 2.62. The maximum absolute atomic E-state index is 6.29. The van der Waals surface area contributed by atoms with E-state index in [1.807, 2.05) is 30.3 Å². The molecule has 1 heterocycles. The molecule has 2 aromatic carbocycles. The van der Waals surface area contributed by atoms with Gasteiger partial charge in [0.2, 0.25) is 0 Å². The van der Waals surface area contributed by atoms with Gasteiger partial charge in [-0.2, -0.15) is 0 Å². The Morgan fingerprint density at radius 2 is 1.56 bits per heavy atom. The number of methoxy groups -OCH3 is 4. The molecule has 2 aromatic rings. The van der Waals surface area contributed by atoms with Gasteiger partial charge in [0, 0.05) is 36.8 Å². The summed E-state index contributed by atoms with van der Waals surface area (Å²) in [6.45, 7) is 4.34. The van der Waals surface area contributed by atoms with Crippen LogP contribution in [0.1, 0.15) is 36.8 Å².